The first-order valence-electron chi connectivity index (χ1n) is 7.86. The van der Waals surface area contributed by atoms with Gasteiger partial charge in [0.1, 0.15) is 5.75 Å². The van der Waals surface area contributed by atoms with Gasteiger partial charge in [-0.3, -0.25) is 9.48 Å². The van der Waals surface area contributed by atoms with Crippen LogP contribution in [0.2, 0.25) is 5.02 Å². The normalized spacial score (nSPS) is 10.5. The molecule has 1 aromatic heterocycles. The molecule has 0 radical (unpaired) electrons. The molecule has 3 aromatic rings. The van der Waals surface area contributed by atoms with E-state index in [4.69, 9.17) is 16.3 Å². The second-order valence-electron chi connectivity index (χ2n) is 5.62. The summed E-state index contributed by atoms with van der Waals surface area (Å²) in [7, 11) is 0. The molecule has 0 atom stereocenters. The Balaban J connectivity index is 1.53. The number of benzene rings is 2. The molecule has 0 saturated heterocycles. The van der Waals surface area contributed by atoms with E-state index in [1.807, 2.05) is 18.3 Å². The average molecular weight is 356 g/mol. The van der Waals surface area contributed by atoms with Crippen molar-refractivity contribution in [3.8, 4) is 5.75 Å². The molecule has 0 bridgehead atoms. The number of aryl methyl sites for hydroxylation is 1. The molecule has 0 unspecified atom stereocenters. The van der Waals surface area contributed by atoms with Crippen LogP contribution >= 0.6 is 11.6 Å². The smallest absolute Gasteiger partial charge is 0.263 e. The second-order valence-corrected chi connectivity index (χ2v) is 6.05. The summed E-state index contributed by atoms with van der Waals surface area (Å²) >= 11 is 5.81. The number of carbonyl (C=O) groups is 1. The zero-order valence-corrected chi connectivity index (χ0v) is 14.5. The Bertz CT molecular complexity index is 859. The molecule has 128 valence electrons. The lowest BCUT2D eigenvalue weighted by Crippen LogP contribution is -2.20. The predicted molar refractivity (Wildman–Crippen MR) is 98.1 cm³/mol. The predicted octanol–water partition coefficient (Wildman–Crippen LogP) is 3.91. The molecule has 3 rings (SSSR count). The van der Waals surface area contributed by atoms with E-state index in [2.05, 4.69) is 29.5 Å². The highest BCUT2D eigenvalue weighted by Crippen LogP contribution is 2.15. The number of carbonyl (C=O) groups excluding carboxylic acids is 1. The number of hydrogen-bond donors (Lipinski definition) is 1. The van der Waals surface area contributed by atoms with Crippen LogP contribution in [0.15, 0.2) is 60.8 Å². The highest BCUT2D eigenvalue weighted by molar-refractivity contribution is 6.30. The van der Waals surface area contributed by atoms with Gasteiger partial charge in [-0.25, -0.2) is 0 Å². The third-order valence-corrected chi connectivity index (χ3v) is 3.94. The van der Waals surface area contributed by atoms with Gasteiger partial charge in [0.2, 0.25) is 0 Å². The van der Waals surface area contributed by atoms with Crippen LogP contribution in [0.3, 0.4) is 0 Å². The fourth-order valence-corrected chi connectivity index (χ4v) is 2.46. The van der Waals surface area contributed by atoms with E-state index in [9.17, 15) is 4.79 Å². The molecule has 0 aliphatic heterocycles. The minimum absolute atomic E-state index is 0.0910. The zero-order valence-electron chi connectivity index (χ0n) is 13.8. The Morgan fingerprint density at radius 2 is 1.92 bits per heavy atom. The van der Waals surface area contributed by atoms with E-state index in [1.165, 1.54) is 11.1 Å². The van der Waals surface area contributed by atoms with Gasteiger partial charge in [-0.1, -0.05) is 35.9 Å². The summed E-state index contributed by atoms with van der Waals surface area (Å²) in [6.07, 6.45) is 1.84. The lowest BCUT2D eigenvalue weighted by atomic mass is 10.1. The SMILES string of the molecule is Cc1ccccc1Cn1ccc(NC(=O)COc2ccc(Cl)cc2)n1. The Labute approximate surface area is 151 Å². The number of nitrogens with one attached hydrogen (secondary N) is 1. The summed E-state index contributed by atoms with van der Waals surface area (Å²) in [5.74, 6) is 0.819. The van der Waals surface area contributed by atoms with E-state index in [0.29, 0.717) is 23.1 Å². The van der Waals surface area contributed by atoms with Gasteiger partial charge in [-0.15, -0.1) is 0 Å². The monoisotopic (exact) mass is 355 g/mol. The van der Waals surface area contributed by atoms with Crippen LogP contribution in [0.25, 0.3) is 0 Å². The number of anilines is 1. The molecule has 2 aromatic carbocycles. The van der Waals surface area contributed by atoms with E-state index in [-0.39, 0.29) is 12.5 Å². The zero-order chi connectivity index (χ0) is 17.6. The number of hydrogen-bond acceptors (Lipinski definition) is 3. The summed E-state index contributed by atoms with van der Waals surface area (Å²) in [5, 5.41) is 7.71. The third kappa shape index (κ3) is 4.84. The van der Waals surface area contributed by atoms with E-state index in [0.717, 1.165) is 0 Å². The quantitative estimate of drug-likeness (QED) is 0.729. The van der Waals surface area contributed by atoms with Gasteiger partial charge in [0.25, 0.3) is 5.91 Å². The number of rotatable bonds is 6. The maximum Gasteiger partial charge on any atom is 0.263 e. The second kappa shape index (κ2) is 7.85. The summed E-state index contributed by atoms with van der Waals surface area (Å²) in [6.45, 7) is 2.63. The van der Waals surface area contributed by atoms with E-state index < -0.39 is 0 Å². The van der Waals surface area contributed by atoms with Crippen molar-refractivity contribution in [3.05, 3.63) is 76.9 Å². The fraction of sp³-hybridized carbons (Fsp3) is 0.158. The number of halogens is 1. The molecule has 5 nitrogen and oxygen atoms in total. The van der Waals surface area contributed by atoms with Crippen molar-refractivity contribution in [1.82, 2.24) is 9.78 Å². The first-order valence-corrected chi connectivity index (χ1v) is 8.24. The van der Waals surface area contributed by atoms with Crippen molar-refractivity contribution in [2.45, 2.75) is 13.5 Å². The molecule has 0 aliphatic rings. The summed E-state index contributed by atoms with van der Waals surface area (Å²) in [5.41, 5.74) is 2.40. The van der Waals surface area contributed by atoms with Gasteiger partial charge in [-0.2, -0.15) is 5.10 Å². The van der Waals surface area contributed by atoms with E-state index >= 15 is 0 Å². The number of aromatic nitrogens is 2. The highest BCUT2D eigenvalue weighted by atomic mass is 35.5. The van der Waals surface area contributed by atoms with Crippen molar-refractivity contribution in [2.75, 3.05) is 11.9 Å². The Morgan fingerprint density at radius 1 is 1.16 bits per heavy atom. The third-order valence-electron chi connectivity index (χ3n) is 3.69. The van der Waals surface area contributed by atoms with Crippen molar-refractivity contribution >= 4 is 23.3 Å². The van der Waals surface area contributed by atoms with Crippen LogP contribution in [0.4, 0.5) is 5.82 Å². The van der Waals surface area contributed by atoms with Gasteiger partial charge in [-0.05, 0) is 42.3 Å². The highest BCUT2D eigenvalue weighted by Gasteiger charge is 2.07. The summed E-state index contributed by atoms with van der Waals surface area (Å²) in [4.78, 5) is 12.0. The largest absolute Gasteiger partial charge is 0.484 e. The number of nitrogens with zero attached hydrogens (tertiary/aromatic N) is 2. The van der Waals surface area contributed by atoms with Crippen molar-refractivity contribution in [2.24, 2.45) is 0 Å². The first kappa shape index (κ1) is 17.0. The van der Waals surface area contributed by atoms with E-state index in [1.54, 1.807) is 35.0 Å². The number of ether oxygens (including phenoxy) is 1. The maximum absolute atomic E-state index is 12.0. The molecule has 0 fully saturated rings. The minimum Gasteiger partial charge on any atom is -0.484 e. The molecule has 0 aliphatic carbocycles. The standard InChI is InChI=1S/C19H18ClN3O2/c1-14-4-2-3-5-15(14)12-23-11-10-18(22-23)21-19(24)13-25-17-8-6-16(20)7-9-17/h2-11H,12-13H2,1H3,(H,21,22,24). The molecule has 1 N–H and O–H groups in total. The van der Waals surface area contributed by atoms with Crippen LogP contribution in [0.5, 0.6) is 5.75 Å². The topological polar surface area (TPSA) is 56.2 Å². The average Bonchev–Trinajstić information content (AvgIpc) is 3.03. The van der Waals surface area contributed by atoms with Gasteiger partial charge in [0.15, 0.2) is 12.4 Å². The van der Waals surface area contributed by atoms with Crippen LogP contribution < -0.4 is 10.1 Å². The van der Waals surface area contributed by atoms with Crippen LogP contribution in [-0.4, -0.2) is 22.3 Å². The van der Waals surface area contributed by atoms with Crippen LogP contribution in [0.1, 0.15) is 11.1 Å². The molecular formula is C19H18ClN3O2. The molecule has 6 heteroatoms. The van der Waals surface area contributed by atoms with Crippen LogP contribution in [0, 0.1) is 6.92 Å². The van der Waals surface area contributed by atoms with Gasteiger partial charge in [0, 0.05) is 17.3 Å². The fourth-order valence-electron chi connectivity index (χ4n) is 2.34. The van der Waals surface area contributed by atoms with Crippen LogP contribution in [-0.2, 0) is 11.3 Å². The molecule has 0 spiro atoms. The molecule has 1 amide bonds. The van der Waals surface area contributed by atoms with Crippen molar-refractivity contribution in [3.63, 3.8) is 0 Å². The van der Waals surface area contributed by atoms with Gasteiger partial charge in [0.05, 0.1) is 6.54 Å². The van der Waals surface area contributed by atoms with Gasteiger partial charge < -0.3 is 10.1 Å². The minimum atomic E-state index is -0.268. The Kier molecular flexibility index (Phi) is 5.36. The summed E-state index contributed by atoms with van der Waals surface area (Å²) in [6, 6.07) is 16.8. The van der Waals surface area contributed by atoms with Crippen molar-refractivity contribution < 1.29 is 9.53 Å². The molecule has 25 heavy (non-hydrogen) atoms. The molecule has 1 heterocycles. The Morgan fingerprint density at radius 3 is 2.68 bits per heavy atom. The lowest BCUT2D eigenvalue weighted by molar-refractivity contribution is -0.118. The first-order chi connectivity index (χ1) is 12.1. The maximum atomic E-state index is 12.0. The molecular weight excluding hydrogens is 338 g/mol. The van der Waals surface area contributed by atoms with Crippen molar-refractivity contribution in [1.29, 1.82) is 0 Å². The number of amides is 1. The summed E-state index contributed by atoms with van der Waals surface area (Å²) < 4.78 is 7.20. The molecule has 0 saturated carbocycles. The Hall–Kier alpha value is -2.79. The lowest BCUT2D eigenvalue weighted by Gasteiger charge is -2.07. The van der Waals surface area contributed by atoms with Gasteiger partial charge >= 0.3 is 0 Å².